The number of carbonyl (C=O) groups is 2. The van der Waals surface area contributed by atoms with Crippen molar-refractivity contribution in [2.45, 2.75) is 20.8 Å². The number of nitrogens with zero attached hydrogens (tertiary/aromatic N) is 2. The fraction of sp³-hybridized carbons (Fsp3) is 0.129. The first-order chi connectivity index (χ1) is 18.4. The van der Waals surface area contributed by atoms with E-state index in [9.17, 15) is 9.59 Å². The van der Waals surface area contributed by atoms with E-state index in [1.165, 1.54) is 4.90 Å². The van der Waals surface area contributed by atoms with E-state index in [0.717, 1.165) is 33.8 Å². The monoisotopic (exact) mass is 521 g/mol. The number of aryl methyl sites for hydroxylation is 1. The van der Waals surface area contributed by atoms with Crippen LogP contribution in [-0.4, -0.2) is 28.1 Å². The number of hydrogen-bond donors (Lipinski definition) is 1. The Bertz CT molecular complexity index is 1570. The average molecular weight is 522 g/mol. The Kier molecular flexibility index (Phi) is 6.94. The maximum absolute atomic E-state index is 13.5. The van der Waals surface area contributed by atoms with Crippen molar-refractivity contribution >= 4 is 40.9 Å². The van der Waals surface area contributed by atoms with Crippen LogP contribution in [0.4, 0.5) is 5.69 Å². The van der Waals surface area contributed by atoms with Gasteiger partial charge in [0.05, 0.1) is 12.3 Å². The summed E-state index contributed by atoms with van der Waals surface area (Å²) in [6.45, 7) is 6.36. The minimum atomic E-state index is -0.519. The summed E-state index contributed by atoms with van der Waals surface area (Å²) in [5.74, 6) is -0.386. The Morgan fingerprint density at radius 3 is 2.29 bits per heavy atom. The number of anilines is 1. The van der Waals surface area contributed by atoms with E-state index >= 15 is 0 Å². The molecule has 7 heteroatoms. The molecule has 1 N–H and O–H groups in total. The number of benzene rings is 3. The third kappa shape index (κ3) is 4.76. The van der Waals surface area contributed by atoms with Crippen LogP contribution in [0.2, 0.25) is 0 Å². The number of ether oxygens (including phenoxy) is 1. The SMILES string of the molecule is CCOc1cccc(N2C(=O)/C(=C\c3cc(C)n(-c4ccc(-c5ccccc5)cc4)c3C)C(=O)NC2=S)c1. The second-order valence-electron chi connectivity index (χ2n) is 8.96. The van der Waals surface area contributed by atoms with Crippen LogP contribution in [0.5, 0.6) is 5.75 Å². The summed E-state index contributed by atoms with van der Waals surface area (Å²) in [5, 5.41) is 2.69. The molecule has 0 unspecified atom stereocenters. The minimum absolute atomic E-state index is 0.0140. The topological polar surface area (TPSA) is 63.6 Å². The van der Waals surface area contributed by atoms with Crippen molar-refractivity contribution in [3.63, 3.8) is 0 Å². The lowest BCUT2D eigenvalue weighted by molar-refractivity contribution is -0.122. The summed E-state index contributed by atoms with van der Waals surface area (Å²) in [7, 11) is 0. The summed E-state index contributed by atoms with van der Waals surface area (Å²) < 4.78 is 7.68. The van der Waals surface area contributed by atoms with Gasteiger partial charge in [-0.1, -0.05) is 48.5 Å². The first-order valence-electron chi connectivity index (χ1n) is 12.4. The van der Waals surface area contributed by atoms with E-state index in [2.05, 4.69) is 46.3 Å². The average Bonchev–Trinajstić information content (AvgIpc) is 3.20. The number of amides is 2. The van der Waals surface area contributed by atoms with E-state index in [4.69, 9.17) is 17.0 Å². The molecule has 5 rings (SSSR count). The quantitative estimate of drug-likeness (QED) is 0.192. The van der Waals surface area contributed by atoms with Gasteiger partial charge in [-0.3, -0.25) is 19.8 Å². The first kappa shape index (κ1) is 25.2. The molecule has 0 atom stereocenters. The van der Waals surface area contributed by atoms with Crippen molar-refractivity contribution in [3.05, 3.63) is 107 Å². The van der Waals surface area contributed by atoms with Crippen LogP contribution in [0.25, 0.3) is 22.9 Å². The Labute approximate surface area is 227 Å². The second-order valence-corrected chi connectivity index (χ2v) is 9.35. The van der Waals surface area contributed by atoms with Gasteiger partial charge in [0.25, 0.3) is 11.8 Å². The number of thiocarbonyl (C=S) groups is 1. The normalized spacial score (nSPS) is 14.7. The van der Waals surface area contributed by atoms with Crippen LogP contribution >= 0.6 is 12.2 Å². The van der Waals surface area contributed by atoms with Crippen molar-refractivity contribution < 1.29 is 14.3 Å². The van der Waals surface area contributed by atoms with Gasteiger partial charge in [0.15, 0.2) is 5.11 Å². The number of hydrogen-bond acceptors (Lipinski definition) is 4. The fourth-order valence-electron chi connectivity index (χ4n) is 4.69. The first-order valence-corrected chi connectivity index (χ1v) is 12.8. The maximum atomic E-state index is 13.5. The molecule has 1 saturated heterocycles. The Morgan fingerprint density at radius 1 is 0.868 bits per heavy atom. The third-order valence-electron chi connectivity index (χ3n) is 6.49. The molecule has 3 aromatic carbocycles. The molecule has 4 aromatic rings. The lowest BCUT2D eigenvalue weighted by Gasteiger charge is -2.29. The molecule has 6 nitrogen and oxygen atoms in total. The van der Waals surface area contributed by atoms with Gasteiger partial charge in [-0.25, -0.2) is 0 Å². The van der Waals surface area contributed by atoms with Crippen LogP contribution in [0.1, 0.15) is 23.9 Å². The van der Waals surface area contributed by atoms with Crippen LogP contribution in [0.15, 0.2) is 90.5 Å². The van der Waals surface area contributed by atoms with Crippen molar-refractivity contribution in [3.8, 4) is 22.6 Å². The van der Waals surface area contributed by atoms with Crippen molar-refractivity contribution in [2.24, 2.45) is 0 Å². The van der Waals surface area contributed by atoms with Crippen LogP contribution < -0.4 is 15.0 Å². The van der Waals surface area contributed by atoms with Gasteiger partial charge in [0, 0.05) is 23.1 Å². The molecular weight excluding hydrogens is 494 g/mol. The molecular formula is C31H27N3O3S. The van der Waals surface area contributed by atoms with E-state index in [1.54, 1.807) is 30.3 Å². The molecule has 2 amide bonds. The smallest absolute Gasteiger partial charge is 0.270 e. The summed E-state index contributed by atoms with van der Waals surface area (Å²) in [6.07, 6.45) is 1.63. The lowest BCUT2D eigenvalue weighted by atomic mass is 10.1. The molecule has 0 bridgehead atoms. The third-order valence-corrected chi connectivity index (χ3v) is 6.78. The highest BCUT2D eigenvalue weighted by molar-refractivity contribution is 7.80. The zero-order chi connectivity index (χ0) is 26.8. The molecule has 0 radical (unpaired) electrons. The zero-order valence-electron chi connectivity index (χ0n) is 21.4. The lowest BCUT2D eigenvalue weighted by Crippen LogP contribution is -2.54. The Balaban J connectivity index is 1.48. The van der Waals surface area contributed by atoms with Crippen molar-refractivity contribution in [1.82, 2.24) is 9.88 Å². The summed E-state index contributed by atoms with van der Waals surface area (Å²) in [4.78, 5) is 27.7. The van der Waals surface area contributed by atoms with Gasteiger partial charge in [-0.15, -0.1) is 0 Å². The molecule has 1 aromatic heterocycles. The van der Waals surface area contributed by atoms with Crippen molar-refractivity contribution in [1.29, 1.82) is 0 Å². The molecule has 190 valence electrons. The van der Waals surface area contributed by atoms with Gasteiger partial charge >= 0.3 is 0 Å². The van der Waals surface area contributed by atoms with E-state index < -0.39 is 11.8 Å². The molecule has 0 aliphatic carbocycles. The Hall–Kier alpha value is -4.49. The number of carbonyl (C=O) groups excluding carboxylic acids is 2. The number of nitrogens with one attached hydrogen (secondary N) is 1. The maximum Gasteiger partial charge on any atom is 0.270 e. The highest BCUT2D eigenvalue weighted by Gasteiger charge is 2.35. The Morgan fingerprint density at radius 2 is 1.58 bits per heavy atom. The van der Waals surface area contributed by atoms with Gasteiger partial charge in [0.1, 0.15) is 11.3 Å². The second kappa shape index (κ2) is 10.5. The minimum Gasteiger partial charge on any atom is -0.494 e. The standard InChI is InChI=1S/C31H27N3O3S/c1-4-37-27-12-8-11-26(19-27)34-30(36)28(29(35)32-31(34)38)18-24-17-20(2)33(21(24)3)25-15-13-23(14-16-25)22-9-6-5-7-10-22/h5-19H,4H2,1-3H3,(H,32,35,38)/b28-18-. The van der Waals surface area contributed by atoms with Gasteiger partial charge < -0.3 is 9.30 Å². The molecule has 2 heterocycles. The predicted octanol–water partition coefficient (Wildman–Crippen LogP) is 5.99. The van der Waals surface area contributed by atoms with E-state index in [-0.39, 0.29) is 10.7 Å². The van der Waals surface area contributed by atoms with Gasteiger partial charge in [-0.2, -0.15) is 0 Å². The summed E-state index contributed by atoms with van der Waals surface area (Å²) in [6, 6.07) is 27.6. The molecule has 38 heavy (non-hydrogen) atoms. The molecule has 1 aliphatic rings. The zero-order valence-corrected chi connectivity index (χ0v) is 22.2. The highest BCUT2D eigenvalue weighted by Crippen LogP contribution is 2.29. The van der Waals surface area contributed by atoms with Gasteiger partial charge in [-0.05, 0) is 86.1 Å². The largest absolute Gasteiger partial charge is 0.494 e. The van der Waals surface area contributed by atoms with Gasteiger partial charge in [0.2, 0.25) is 0 Å². The number of rotatable bonds is 6. The molecule has 0 spiro atoms. The summed E-state index contributed by atoms with van der Waals surface area (Å²) in [5.41, 5.74) is 6.52. The summed E-state index contributed by atoms with van der Waals surface area (Å²) >= 11 is 5.35. The number of aromatic nitrogens is 1. The van der Waals surface area contributed by atoms with E-state index in [1.807, 2.05) is 45.0 Å². The van der Waals surface area contributed by atoms with Crippen molar-refractivity contribution in [2.75, 3.05) is 11.5 Å². The molecule has 0 saturated carbocycles. The van der Waals surface area contributed by atoms with Crippen LogP contribution in [0, 0.1) is 13.8 Å². The fourth-order valence-corrected chi connectivity index (χ4v) is 4.97. The highest BCUT2D eigenvalue weighted by atomic mass is 32.1. The van der Waals surface area contributed by atoms with E-state index in [0.29, 0.717) is 18.0 Å². The van der Waals surface area contributed by atoms with Crippen LogP contribution in [0.3, 0.4) is 0 Å². The molecule has 1 fully saturated rings. The molecule has 1 aliphatic heterocycles. The van der Waals surface area contributed by atoms with Crippen LogP contribution in [-0.2, 0) is 9.59 Å². The predicted molar refractivity (Wildman–Crippen MR) is 154 cm³/mol.